The summed E-state index contributed by atoms with van der Waals surface area (Å²) in [6, 6.07) is 5.51. The SMILES string of the molecule is O=C([O-])CCc1cccc2c1C(O)OC2.[Li+]. The molecule has 1 atom stereocenters. The summed E-state index contributed by atoms with van der Waals surface area (Å²) in [6.07, 6.45) is -0.590. The van der Waals surface area contributed by atoms with E-state index < -0.39 is 12.3 Å². The Balaban J connectivity index is 0.00000128. The predicted molar refractivity (Wildman–Crippen MR) is 49.5 cm³/mol. The zero-order chi connectivity index (χ0) is 10.8. The van der Waals surface area contributed by atoms with Crippen molar-refractivity contribution < 1.29 is 38.6 Å². The maximum absolute atomic E-state index is 10.3. The molecule has 0 fully saturated rings. The minimum absolute atomic E-state index is 0. The number of carboxylic acids is 1. The molecule has 0 bridgehead atoms. The van der Waals surface area contributed by atoms with Gasteiger partial charge in [0.05, 0.1) is 6.61 Å². The molecule has 0 aromatic heterocycles. The van der Waals surface area contributed by atoms with Gasteiger partial charge in [0.15, 0.2) is 6.29 Å². The van der Waals surface area contributed by atoms with Crippen LogP contribution in [-0.4, -0.2) is 11.1 Å². The van der Waals surface area contributed by atoms with Gasteiger partial charge in [-0.25, -0.2) is 0 Å². The normalized spacial score (nSPS) is 17.7. The van der Waals surface area contributed by atoms with Crippen molar-refractivity contribution in [1.82, 2.24) is 0 Å². The van der Waals surface area contributed by atoms with E-state index in [2.05, 4.69) is 0 Å². The standard InChI is InChI=1S/C11H12O4.Li/c12-9(13)5-4-7-2-1-3-8-6-15-11(14)10(7)8;/h1-3,11,14H,4-6H2,(H,12,13);/q;+1/p-1. The third-order valence-corrected chi connectivity index (χ3v) is 2.53. The molecule has 0 spiro atoms. The molecule has 5 heteroatoms. The molecule has 1 unspecified atom stereocenters. The zero-order valence-electron chi connectivity index (χ0n) is 9.10. The second kappa shape index (κ2) is 5.51. The number of rotatable bonds is 3. The van der Waals surface area contributed by atoms with Crippen LogP contribution in [0.1, 0.15) is 29.4 Å². The van der Waals surface area contributed by atoms with Crippen molar-refractivity contribution >= 4 is 5.97 Å². The van der Waals surface area contributed by atoms with Crippen LogP contribution in [0.2, 0.25) is 0 Å². The fraction of sp³-hybridized carbons (Fsp3) is 0.364. The average Bonchev–Trinajstić information content (AvgIpc) is 2.58. The summed E-state index contributed by atoms with van der Waals surface area (Å²) in [5, 5.41) is 19.9. The van der Waals surface area contributed by atoms with Crippen molar-refractivity contribution in [3.05, 3.63) is 34.9 Å². The molecule has 1 aliphatic heterocycles. The third-order valence-electron chi connectivity index (χ3n) is 2.53. The van der Waals surface area contributed by atoms with E-state index in [9.17, 15) is 15.0 Å². The summed E-state index contributed by atoms with van der Waals surface area (Å²) in [5.41, 5.74) is 2.47. The van der Waals surface area contributed by atoms with Crippen LogP contribution in [0.4, 0.5) is 0 Å². The van der Waals surface area contributed by atoms with Gasteiger partial charge in [0.1, 0.15) is 0 Å². The number of aliphatic carboxylic acids is 1. The number of aryl methyl sites for hydroxylation is 1. The number of hydrogen-bond acceptors (Lipinski definition) is 4. The van der Waals surface area contributed by atoms with Crippen LogP contribution in [0.15, 0.2) is 18.2 Å². The summed E-state index contributed by atoms with van der Waals surface area (Å²) in [7, 11) is 0. The number of ether oxygens (including phenoxy) is 1. The van der Waals surface area contributed by atoms with E-state index in [1.807, 2.05) is 12.1 Å². The maximum atomic E-state index is 10.3. The molecule has 1 aliphatic rings. The number of aliphatic hydroxyl groups is 1. The number of benzene rings is 1. The molecule has 80 valence electrons. The largest absolute Gasteiger partial charge is 1.00 e. The van der Waals surface area contributed by atoms with E-state index in [1.165, 1.54) is 0 Å². The smallest absolute Gasteiger partial charge is 0.550 e. The zero-order valence-corrected chi connectivity index (χ0v) is 9.10. The van der Waals surface area contributed by atoms with Crippen molar-refractivity contribution in [2.75, 3.05) is 0 Å². The maximum Gasteiger partial charge on any atom is 1.00 e. The first kappa shape index (κ1) is 13.3. The molecule has 16 heavy (non-hydrogen) atoms. The van der Waals surface area contributed by atoms with Gasteiger partial charge in [-0.2, -0.15) is 0 Å². The summed E-state index contributed by atoms with van der Waals surface area (Å²) in [4.78, 5) is 10.3. The van der Waals surface area contributed by atoms with Crippen LogP contribution in [0, 0.1) is 0 Å². The molecule has 0 amide bonds. The molecule has 1 aromatic rings. The molecule has 0 saturated carbocycles. The van der Waals surface area contributed by atoms with Gasteiger partial charge in [0.2, 0.25) is 0 Å². The Morgan fingerprint density at radius 3 is 3.00 bits per heavy atom. The summed E-state index contributed by atoms with van der Waals surface area (Å²) in [5.74, 6) is -1.08. The Labute approximate surface area is 105 Å². The van der Waals surface area contributed by atoms with Gasteiger partial charge in [-0.05, 0) is 24.0 Å². The fourth-order valence-electron chi connectivity index (χ4n) is 1.82. The fourth-order valence-corrected chi connectivity index (χ4v) is 1.82. The molecular weight excluding hydrogens is 203 g/mol. The first-order valence-corrected chi connectivity index (χ1v) is 4.78. The summed E-state index contributed by atoms with van der Waals surface area (Å²) < 4.78 is 5.06. The molecule has 0 aliphatic carbocycles. The van der Waals surface area contributed by atoms with E-state index in [0.717, 1.165) is 16.7 Å². The molecule has 2 rings (SSSR count). The Hall–Kier alpha value is -0.793. The Morgan fingerprint density at radius 2 is 2.31 bits per heavy atom. The van der Waals surface area contributed by atoms with Crippen LogP contribution < -0.4 is 24.0 Å². The molecule has 4 nitrogen and oxygen atoms in total. The number of carbonyl (C=O) groups excluding carboxylic acids is 1. The van der Waals surface area contributed by atoms with E-state index in [-0.39, 0.29) is 25.3 Å². The van der Waals surface area contributed by atoms with Gasteiger partial charge in [-0.1, -0.05) is 18.2 Å². The van der Waals surface area contributed by atoms with Crippen LogP contribution in [0.25, 0.3) is 0 Å². The van der Waals surface area contributed by atoms with E-state index in [0.29, 0.717) is 13.0 Å². The second-order valence-electron chi connectivity index (χ2n) is 3.53. The minimum atomic E-state index is -1.08. The van der Waals surface area contributed by atoms with Crippen molar-refractivity contribution in [1.29, 1.82) is 0 Å². The van der Waals surface area contributed by atoms with Crippen LogP contribution in [-0.2, 0) is 22.6 Å². The van der Waals surface area contributed by atoms with Gasteiger partial charge < -0.3 is 19.7 Å². The summed E-state index contributed by atoms with van der Waals surface area (Å²) in [6.45, 7) is 0.385. The van der Waals surface area contributed by atoms with Gasteiger partial charge in [-0.3, -0.25) is 0 Å². The average molecular weight is 214 g/mol. The van der Waals surface area contributed by atoms with Crippen molar-refractivity contribution in [3.63, 3.8) is 0 Å². The number of carbonyl (C=O) groups is 1. The Morgan fingerprint density at radius 1 is 1.56 bits per heavy atom. The molecule has 1 N–H and O–H groups in total. The van der Waals surface area contributed by atoms with E-state index >= 15 is 0 Å². The Kier molecular flexibility index (Phi) is 4.57. The number of aliphatic hydroxyl groups excluding tert-OH is 1. The molecule has 0 saturated heterocycles. The Bertz CT molecular complexity index is 392. The minimum Gasteiger partial charge on any atom is -0.550 e. The quantitative estimate of drug-likeness (QED) is 0.541. The molecule has 0 radical (unpaired) electrons. The van der Waals surface area contributed by atoms with E-state index in [1.54, 1.807) is 6.07 Å². The van der Waals surface area contributed by atoms with Crippen LogP contribution in [0.5, 0.6) is 0 Å². The van der Waals surface area contributed by atoms with Crippen molar-refractivity contribution in [3.8, 4) is 0 Å². The van der Waals surface area contributed by atoms with E-state index in [4.69, 9.17) is 4.74 Å². The van der Waals surface area contributed by atoms with Gasteiger partial charge in [-0.15, -0.1) is 0 Å². The van der Waals surface area contributed by atoms with Gasteiger partial charge in [0.25, 0.3) is 0 Å². The monoisotopic (exact) mass is 214 g/mol. The topological polar surface area (TPSA) is 69.6 Å². The third kappa shape index (κ3) is 2.66. The number of carboxylic acid groups (broad SMARTS) is 1. The predicted octanol–water partition coefficient (Wildman–Crippen LogP) is -3.11. The summed E-state index contributed by atoms with van der Waals surface area (Å²) >= 11 is 0. The molecule has 1 aromatic carbocycles. The van der Waals surface area contributed by atoms with Crippen molar-refractivity contribution in [2.24, 2.45) is 0 Å². The number of hydrogen-bond donors (Lipinski definition) is 1. The van der Waals surface area contributed by atoms with Crippen molar-refractivity contribution in [2.45, 2.75) is 25.7 Å². The van der Waals surface area contributed by atoms with Crippen LogP contribution >= 0.6 is 0 Å². The first-order valence-electron chi connectivity index (χ1n) is 4.78. The second-order valence-corrected chi connectivity index (χ2v) is 3.53. The number of fused-ring (bicyclic) bond motifs is 1. The molecular formula is C11H11LiO4. The van der Waals surface area contributed by atoms with Crippen LogP contribution in [0.3, 0.4) is 0 Å². The first-order chi connectivity index (χ1) is 7.18. The van der Waals surface area contributed by atoms with Gasteiger partial charge in [0, 0.05) is 11.5 Å². The van der Waals surface area contributed by atoms with Gasteiger partial charge >= 0.3 is 18.9 Å². The molecule has 1 heterocycles.